The molecule has 1 aromatic heterocycles. The Morgan fingerprint density at radius 1 is 1.38 bits per heavy atom. The Labute approximate surface area is 204 Å². The molecule has 0 radical (unpaired) electrons. The molecule has 1 aromatic carbocycles. The lowest BCUT2D eigenvalue weighted by atomic mass is 9.79. The Balaban J connectivity index is 0.00000274. The summed E-state index contributed by atoms with van der Waals surface area (Å²) in [5, 5.41) is 21.2. The predicted octanol–water partition coefficient (Wildman–Crippen LogP) is -2.13. The van der Waals surface area contributed by atoms with Gasteiger partial charge in [0, 0.05) is 23.0 Å². The van der Waals surface area contributed by atoms with Crippen LogP contribution in [0.15, 0.2) is 47.5 Å². The third-order valence-corrected chi connectivity index (χ3v) is 7.82. The van der Waals surface area contributed by atoms with E-state index in [1.165, 1.54) is 29.2 Å². The molecule has 3 aliphatic heterocycles. The maximum absolute atomic E-state index is 13.2. The molecule has 5 rings (SSSR count). The van der Waals surface area contributed by atoms with Gasteiger partial charge in [-0.1, -0.05) is 6.92 Å². The molecule has 1 amide bonds. The van der Waals surface area contributed by atoms with Crippen LogP contribution < -0.4 is 21.8 Å². The molecule has 1 saturated heterocycles. The van der Waals surface area contributed by atoms with Gasteiger partial charge in [-0.25, -0.2) is 4.79 Å². The van der Waals surface area contributed by atoms with Gasteiger partial charge in [0.2, 0.25) is 12.2 Å². The number of nitrogens with zero attached hydrogens (tertiary/aromatic N) is 5. The minimum Gasteiger partial charge on any atom is -1.00 e. The number of aliphatic hydroxyl groups excluding tert-OH is 1. The van der Waals surface area contributed by atoms with Crippen LogP contribution in [0.25, 0.3) is 0 Å². The highest BCUT2D eigenvalue weighted by Crippen LogP contribution is 2.51. The second-order valence-electron chi connectivity index (χ2n) is 8.47. The van der Waals surface area contributed by atoms with Gasteiger partial charge in [-0.05, 0) is 24.0 Å². The lowest BCUT2D eigenvalue weighted by molar-refractivity contribution is -0.758. The number of carbonyl (C=O) groups excluding carboxylic acids is 2. The maximum Gasteiger partial charge on any atom is 0.361 e. The van der Waals surface area contributed by atoms with Gasteiger partial charge in [0.1, 0.15) is 18.0 Å². The Morgan fingerprint density at radius 2 is 2.09 bits per heavy atom. The van der Waals surface area contributed by atoms with Crippen molar-refractivity contribution in [1.82, 2.24) is 14.6 Å². The van der Waals surface area contributed by atoms with E-state index in [2.05, 4.69) is 4.98 Å². The topological polar surface area (TPSA) is 132 Å². The van der Waals surface area contributed by atoms with Gasteiger partial charge in [0.15, 0.2) is 0 Å². The zero-order valence-electron chi connectivity index (χ0n) is 18.3. The lowest BCUT2D eigenvalue weighted by Gasteiger charge is -2.46. The molecule has 0 aliphatic carbocycles. The van der Waals surface area contributed by atoms with Gasteiger partial charge in [-0.3, -0.25) is 14.9 Å². The number of benzene rings is 1. The van der Waals surface area contributed by atoms with Crippen LogP contribution in [0.2, 0.25) is 0 Å². The van der Waals surface area contributed by atoms with Crippen molar-refractivity contribution >= 4 is 29.3 Å². The van der Waals surface area contributed by atoms with Gasteiger partial charge >= 0.3 is 12.3 Å². The van der Waals surface area contributed by atoms with Gasteiger partial charge < -0.3 is 27.2 Å². The average molecular weight is 508 g/mol. The number of carbonyl (C=O) groups is 2. The zero-order valence-corrected chi connectivity index (χ0v) is 19.8. The SMILES string of the molecule is C[C@@H](O)[C@H]1C(=O)N2C(C(=O)Oc3ccc([N+](=O)[O-])cc3)=C(SC3Cn4cnc[n+]4C3)[C@H](C)[C@H]12.[Cl-]. The summed E-state index contributed by atoms with van der Waals surface area (Å²) in [6.45, 7) is 4.96. The standard InChI is InChI=1S/C21H22N5O6S.ClH/c1-11-17-16(12(2)27)20(28)25(17)18(19(11)33-15-7-23-9-22-10-24(23)8-15)21(29)32-14-5-3-13(4-6-14)26(30)31;/h3-6,9-12,15-17,27H,7-8H2,1-2H3;1H/q+1;/p-1/t11-,12-,16-,17-;/m1./s1. The molecule has 2 aromatic rings. The predicted molar refractivity (Wildman–Crippen MR) is 115 cm³/mol. The molecule has 3 aliphatic rings. The number of rotatable bonds is 6. The summed E-state index contributed by atoms with van der Waals surface area (Å²) >= 11 is 1.55. The Hall–Kier alpha value is -2.96. The molecular weight excluding hydrogens is 486 g/mol. The van der Waals surface area contributed by atoms with Crippen LogP contribution in [0.4, 0.5) is 5.69 Å². The van der Waals surface area contributed by atoms with Gasteiger partial charge in [0.25, 0.3) is 5.69 Å². The number of thioether (sulfide) groups is 1. The second kappa shape index (κ2) is 9.01. The smallest absolute Gasteiger partial charge is 0.361 e. The fourth-order valence-electron chi connectivity index (χ4n) is 4.81. The van der Waals surface area contributed by atoms with Crippen LogP contribution in [0.3, 0.4) is 0 Å². The third-order valence-electron chi connectivity index (χ3n) is 6.36. The van der Waals surface area contributed by atoms with Gasteiger partial charge in [-0.15, -0.1) is 11.8 Å². The Bertz CT molecular complexity index is 1160. The summed E-state index contributed by atoms with van der Waals surface area (Å²) in [4.78, 5) is 42.8. The normalized spacial score (nSPS) is 25.9. The van der Waals surface area contributed by atoms with E-state index < -0.39 is 22.9 Å². The Morgan fingerprint density at radius 3 is 2.71 bits per heavy atom. The van der Waals surface area contributed by atoms with Crippen LogP contribution in [0.1, 0.15) is 13.8 Å². The van der Waals surface area contributed by atoms with E-state index in [1.54, 1.807) is 31.3 Å². The summed E-state index contributed by atoms with van der Waals surface area (Å²) in [7, 11) is 0. The number of hydrogen-bond acceptors (Lipinski definition) is 8. The lowest BCUT2D eigenvalue weighted by Crippen LogP contribution is -3.00. The summed E-state index contributed by atoms with van der Waals surface area (Å²) in [6, 6.07) is 4.90. The van der Waals surface area contributed by atoms with E-state index >= 15 is 0 Å². The van der Waals surface area contributed by atoms with Crippen molar-refractivity contribution in [1.29, 1.82) is 0 Å². The van der Waals surface area contributed by atoms with E-state index in [9.17, 15) is 24.8 Å². The van der Waals surface area contributed by atoms with Crippen molar-refractivity contribution in [3.8, 4) is 5.75 Å². The monoisotopic (exact) mass is 507 g/mol. The molecule has 0 saturated carbocycles. The molecule has 34 heavy (non-hydrogen) atoms. The average Bonchev–Trinajstić information content (AvgIpc) is 3.41. The quantitative estimate of drug-likeness (QED) is 0.117. The maximum atomic E-state index is 13.2. The summed E-state index contributed by atoms with van der Waals surface area (Å²) in [5.41, 5.74) is 0.0760. The number of non-ortho nitro benzene ring substituents is 1. The van der Waals surface area contributed by atoms with Crippen molar-refractivity contribution in [2.24, 2.45) is 11.8 Å². The van der Waals surface area contributed by atoms with Crippen molar-refractivity contribution in [2.75, 3.05) is 0 Å². The molecular formula is C21H22ClN5O6S. The summed E-state index contributed by atoms with van der Waals surface area (Å²) in [6.07, 6.45) is 2.67. The first-order valence-electron chi connectivity index (χ1n) is 10.5. The molecule has 11 nitrogen and oxygen atoms in total. The van der Waals surface area contributed by atoms with Crippen molar-refractivity contribution < 1.29 is 41.4 Å². The minimum absolute atomic E-state index is 0. The largest absolute Gasteiger partial charge is 1.00 e. The van der Waals surface area contributed by atoms with Crippen molar-refractivity contribution in [2.45, 2.75) is 44.3 Å². The number of halogens is 1. The molecule has 1 N–H and O–H groups in total. The minimum atomic E-state index is -0.827. The van der Waals surface area contributed by atoms with E-state index in [0.29, 0.717) is 13.1 Å². The first kappa shape index (κ1) is 24.2. The zero-order chi connectivity index (χ0) is 23.4. The number of β-lactam (4-membered cyclic amide) rings is 1. The van der Waals surface area contributed by atoms with Crippen molar-refractivity contribution in [3.05, 3.63) is 57.6 Å². The fraction of sp³-hybridized carbons (Fsp3) is 0.429. The van der Waals surface area contributed by atoms with Gasteiger partial charge in [-0.2, -0.15) is 9.36 Å². The first-order chi connectivity index (χ1) is 15.8. The number of esters is 1. The number of hydrogen-bond donors (Lipinski definition) is 1. The highest BCUT2D eigenvalue weighted by molar-refractivity contribution is 8.03. The van der Waals surface area contributed by atoms with E-state index in [-0.39, 0.29) is 52.7 Å². The first-order valence-corrected chi connectivity index (χ1v) is 11.4. The summed E-state index contributed by atoms with van der Waals surface area (Å²) in [5.74, 6) is -1.56. The molecule has 1 fully saturated rings. The number of fused-ring (bicyclic) bond motifs is 2. The number of nitro benzene ring substituents is 1. The number of nitro groups is 1. The van der Waals surface area contributed by atoms with E-state index in [4.69, 9.17) is 4.74 Å². The molecule has 4 atom stereocenters. The van der Waals surface area contributed by atoms with Crippen LogP contribution in [-0.2, 0) is 22.7 Å². The van der Waals surface area contributed by atoms with Crippen LogP contribution in [-0.4, -0.2) is 53.9 Å². The molecule has 0 spiro atoms. The van der Waals surface area contributed by atoms with Crippen LogP contribution >= 0.6 is 11.8 Å². The molecule has 180 valence electrons. The number of aliphatic hydroxyl groups is 1. The highest BCUT2D eigenvalue weighted by Gasteiger charge is 2.60. The van der Waals surface area contributed by atoms with E-state index in [0.717, 1.165) is 4.91 Å². The number of amides is 1. The molecule has 0 bridgehead atoms. The molecule has 13 heteroatoms. The van der Waals surface area contributed by atoms with Crippen LogP contribution in [0, 0.1) is 22.0 Å². The van der Waals surface area contributed by atoms with Gasteiger partial charge in [0.05, 0.1) is 34.8 Å². The van der Waals surface area contributed by atoms with Crippen molar-refractivity contribution in [3.63, 3.8) is 0 Å². The van der Waals surface area contributed by atoms with Crippen LogP contribution in [0.5, 0.6) is 5.75 Å². The summed E-state index contributed by atoms with van der Waals surface area (Å²) < 4.78 is 9.49. The Kier molecular flexibility index (Phi) is 6.40. The number of ether oxygens (including phenoxy) is 1. The third kappa shape index (κ3) is 3.85. The fourth-order valence-corrected chi connectivity index (χ4v) is 6.27. The van der Waals surface area contributed by atoms with E-state index in [1.807, 2.05) is 16.3 Å². The molecule has 0 unspecified atom stereocenters. The second-order valence-corrected chi connectivity index (χ2v) is 9.81. The highest BCUT2D eigenvalue weighted by atomic mass is 35.5. The number of aromatic nitrogens is 3. The molecule has 4 heterocycles.